The Kier molecular flexibility index (Phi) is 4.04. The molecule has 0 aromatic carbocycles. The second-order valence-electron chi connectivity index (χ2n) is 3.17. The number of hydrogen-bond acceptors (Lipinski definition) is 7. The van der Waals surface area contributed by atoms with Crippen LogP contribution in [0.3, 0.4) is 0 Å². The molecule has 20 heavy (non-hydrogen) atoms. The Hall–Kier alpha value is -2.15. The van der Waals surface area contributed by atoms with Gasteiger partial charge in [0.1, 0.15) is 0 Å². The molecule has 1 aromatic heterocycles. The Morgan fingerprint density at radius 3 is 2.30 bits per heavy atom. The number of nitrogens with two attached hydrogens (primary N) is 1. The van der Waals surface area contributed by atoms with E-state index in [1.54, 1.807) is 0 Å². The van der Waals surface area contributed by atoms with Gasteiger partial charge in [0.05, 0.1) is 7.11 Å². The molecule has 0 radical (unpaired) electrons. The molecule has 0 aliphatic rings. The number of nitro groups is 1. The Balaban J connectivity index is 3.61. The second kappa shape index (κ2) is 5.09. The van der Waals surface area contributed by atoms with Gasteiger partial charge in [-0.05, 0) is 9.91 Å². The van der Waals surface area contributed by atoms with Gasteiger partial charge in [-0.15, -0.1) is 13.2 Å². The Labute approximate surface area is 109 Å². The lowest BCUT2D eigenvalue weighted by Gasteiger charge is -2.10. The summed E-state index contributed by atoms with van der Waals surface area (Å²) in [5.41, 5.74) is 0. The first-order valence-corrected chi connectivity index (χ1v) is 6.02. The maximum absolute atomic E-state index is 12.1. The maximum atomic E-state index is 12.1. The van der Waals surface area contributed by atoms with Gasteiger partial charge in [-0.25, -0.2) is 13.6 Å². The van der Waals surface area contributed by atoms with Crippen LogP contribution in [0.2, 0.25) is 0 Å². The Morgan fingerprint density at radius 2 is 1.95 bits per heavy atom. The van der Waals surface area contributed by atoms with Crippen molar-refractivity contribution in [3.8, 4) is 11.5 Å². The number of methoxy groups -OCH3 is 1. The average Bonchev–Trinajstić information content (AvgIpc) is 2.24. The summed E-state index contributed by atoms with van der Waals surface area (Å²) in [5.74, 6) is -3.17. The van der Waals surface area contributed by atoms with Crippen LogP contribution >= 0.6 is 0 Å². The summed E-state index contributed by atoms with van der Waals surface area (Å²) < 4.78 is 66.5. The minimum absolute atomic E-state index is 0.359. The molecule has 112 valence electrons. The zero-order valence-electron chi connectivity index (χ0n) is 9.54. The maximum Gasteiger partial charge on any atom is 0.573 e. The van der Waals surface area contributed by atoms with Crippen molar-refractivity contribution >= 4 is 15.8 Å². The molecule has 1 heterocycles. The van der Waals surface area contributed by atoms with E-state index in [4.69, 9.17) is 0 Å². The second-order valence-corrected chi connectivity index (χ2v) is 4.64. The molecule has 0 amide bonds. The molecule has 0 saturated carbocycles. The largest absolute Gasteiger partial charge is 0.573 e. The van der Waals surface area contributed by atoms with Crippen molar-refractivity contribution in [2.75, 3.05) is 7.11 Å². The van der Waals surface area contributed by atoms with Gasteiger partial charge in [0.15, 0.2) is 5.75 Å². The van der Waals surface area contributed by atoms with Gasteiger partial charge in [-0.3, -0.25) is 0 Å². The number of aromatic nitrogens is 1. The highest BCUT2D eigenvalue weighted by Crippen LogP contribution is 2.35. The molecule has 0 fully saturated rings. The highest BCUT2D eigenvalue weighted by molar-refractivity contribution is 7.89. The fourth-order valence-corrected chi connectivity index (χ4v) is 1.73. The van der Waals surface area contributed by atoms with Gasteiger partial charge >= 0.3 is 17.2 Å². The van der Waals surface area contributed by atoms with Gasteiger partial charge in [0.25, 0.3) is 10.0 Å². The van der Waals surface area contributed by atoms with Crippen LogP contribution < -0.4 is 14.6 Å². The van der Waals surface area contributed by atoms with E-state index in [9.17, 15) is 31.7 Å². The number of nitrogens with zero attached hydrogens (tertiary/aromatic N) is 2. The fraction of sp³-hybridized carbons (Fsp3) is 0.286. The standard InChI is InChI=1S/C7H6F3N3O6S/c1-18-3-2-4(19-7(8,9)10)6(20(11,16)17)12-5(3)13(14)15/h2H,1H3,(H2,11,16,17). The lowest BCUT2D eigenvalue weighted by Crippen LogP contribution is -2.22. The third-order valence-electron chi connectivity index (χ3n) is 1.79. The molecule has 0 aliphatic heterocycles. The van der Waals surface area contributed by atoms with Crippen LogP contribution in [-0.2, 0) is 10.0 Å². The molecule has 0 saturated heterocycles. The van der Waals surface area contributed by atoms with Crippen LogP contribution in [0.5, 0.6) is 11.5 Å². The van der Waals surface area contributed by atoms with Crippen LogP contribution in [0, 0.1) is 10.1 Å². The molecular formula is C7H6F3N3O6S. The Bertz CT molecular complexity index is 644. The topological polar surface area (TPSA) is 135 Å². The Morgan fingerprint density at radius 1 is 1.40 bits per heavy atom. The smallest absolute Gasteiger partial charge is 0.489 e. The van der Waals surface area contributed by atoms with E-state index in [1.165, 1.54) is 0 Å². The van der Waals surface area contributed by atoms with E-state index in [2.05, 4.69) is 19.6 Å². The van der Waals surface area contributed by atoms with Gasteiger partial charge in [0, 0.05) is 6.07 Å². The number of rotatable bonds is 4. The number of sulfonamides is 1. The first-order valence-electron chi connectivity index (χ1n) is 4.47. The summed E-state index contributed by atoms with van der Waals surface area (Å²) in [6.07, 6.45) is -5.25. The third kappa shape index (κ3) is 3.67. The molecule has 0 aliphatic carbocycles. The first kappa shape index (κ1) is 15.9. The SMILES string of the molecule is COc1cc(OC(F)(F)F)c(S(N)(=O)=O)nc1[N+](=O)[O-]. The zero-order valence-corrected chi connectivity index (χ0v) is 10.4. The molecule has 0 bridgehead atoms. The van der Waals surface area contributed by atoms with Crippen molar-refractivity contribution in [1.82, 2.24) is 4.98 Å². The molecule has 1 aromatic rings. The van der Waals surface area contributed by atoms with E-state index in [-0.39, 0.29) is 0 Å². The van der Waals surface area contributed by atoms with Crippen molar-refractivity contribution in [2.45, 2.75) is 11.4 Å². The normalized spacial score (nSPS) is 12.1. The van der Waals surface area contributed by atoms with Gasteiger partial charge < -0.3 is 19.6 Å². The number of hydrogen-bond donors (Lipinski definition) is 1. The monoisotopic (exact) mass is 317 g/mol. The van der Waals surface area contributed by atoms with Crippen LogP contribution in [-0.4, -0.2) is 31.8 Å². The molecule has 0 spiro atoms. The van der Waals surface area contributed by atoms with Gasteiger partial charge in [-0.2, -0.15) is 0 Å². The summed E-state index contributed by atoms with van der Waals surface area (Å²) in [4.78, 5) is 12.4. The van der Waals surface area contributed by atoms with E-state index >= 15 is 0 Å². The summed E-state index contributed by atoms with van der Waals surface area (Å²) in [6, 6.07) is 0.359. The average molecular weight is 317 g/mol. The summed E-state index contributed by atoms with van der Waals surface area (Å²) in [6.45, 7) is 0. The van der Waals surface area contributed by atoms with E-state index in [0.717, 1.165) is 7.11 Å². The van der Waals surface area contributed by atoms with Crippen LogP contribution in [0.4, 0.5) is 19.0 Å². The number of alkyl halides is 3. The van der Waals surface area contributed by atoms with E-state index < -0.39 is 43.7 Å². The molecule has 0 unspecified atom stereocenters. The molecule has 2 N–H and O–H groups in total. The first-order chi connectivity index (χ1) is 8.95. The van der Waals surface area contributed by atoms with Crippen molar-refractivity contribution in [2.24, 2.45) is 5.14 Å². The molecular weight excluding hydrogens is 311 g/mol. The quantitative estimate of drug-likeness (QED) is 0.632. The predicted octanol–water partition coefficient (Wildman–Crippen LogP) is 0.544. The number of ether oxygens (including phenoxy) is 2. The zero-order chi connectivity index (χ0) is 15.7. The molecule has 0 atom stereocenters. The van der Waals surface area contributed by atoms with Gasteiger partial charge in [0.2, 0.25) is 5.75 Å². The van der Waals surface area contributed by atoms with E-state index in [0.29, 0.717) is 6.07 Å². The minimum atomic E-state index is -5.25. The van der Waals surface area contributed by atoms with Crippen molar-refractivity contribution in [3.63, 3.8) is 0 Å². The summed E-state index contributed by atoms with van der Waals surface area (Å²) in [7, 11) is -3.87. The number of pyridine rings is 1. The van der Waals surface area contributed by atoms with Crippen molar-refractivity contribution in [3.05, 3.63) is 16.2 Å². The molecule has 9 nitrogen and oxygen atoms in total. The van der Waals surface area contributed by atoms with Crippen LogP contribution in [0.1, 0.15) is 0 Å². The van der Waals surface area contributed by atoms with Crippen LogP contribution in [0.15, 0.2) is 11.1 Å². The fourth-order valence-electron chi connectivity index (χ4n) is 1.13. The minimum Gasteiger partial charge on any atom is -0.489 e. The molecule has 1 rings (SSSR count). The highest BCUT2D eigenvalue weighted by atomic mass is 32.2. The van der Waals surface area contributed by atoms with E-state index in [1.807, 2.05) is 0 Å². The third-order valence-corrected chi connectivity index (χ3v) is 2.62. The number of primary sulfonamides is 1. The number of halogens is 3. The summed E-state index contributed by atoms with van der Waals surface area (Å²) >= 11 is 0. The highest BCUT2D eigenvalue weighted by Gasteiger charge is 2.38. The lowest BCUT2D eigenvalue weighted by molar-refractivity contribution is -0.391. The summed E-state index contributed by atoms with van der Waals surface area (Å²) in [5, 5.41) is 13.8. The predicted molar refractivity (Wildman–Crippen MR) is 55.5 cm³/mol. The molecule has 13 heteroatoms. The van der Waals surface area contributed by atoms with Crippen LogP contribution in [0.25, 0.3) is 0 Å². The van der Waals surface area contributed by atoms with Crippen molar-refractivity contribution in [1.29, 1.82) is 0 Å². The van der Waals surface area contributed by atoms with Gasteiger partial charge in [-0.1, -0.05) is 0 Å². The van der Waals surface area contributed by atoms with Crippen molar-refractivity contribution < 1.29 is 36.0 Å². The lowest BCUT2D eigenvalue weighted by atomic mass is 10.4.